The van der Waals surface area contributed by atoms with E-state index >= 15 is 0 Å². The van der Waals surface area contributed by atoms with Gasteiger partial charge in [0.25, 0.3) is 0 Å². The molecule has 0 N–H and O–H groups in total. The van der Waals surface area contributed by atoms with Crippen molar-refractivity contribution >= 4 is 51.4 Å². The number of rotatable bonds is 3. The Labute approximate surface area is 240 Å². The smallest absolute Gasteiger partial charge is 0.399 e. The summed E-state index contributed by atoms with van der Waals surface area (Å²) in [6.45, 7) is 8.47. The van der Waals surface area contributed by atoms with Crippen LogP contribution in [0, 0.1) is 0 Å². The highest BCUT2D eigenvalue weighted by Gasteiger charge is 2.52. The maximum atomic E-state index is 6.62. The van der Waals surface area contributed by atoms with Crippen LogP contribution in [-0.4, -0.2) is 27.5 Å². The van der Waals surface area contributed by atoms with Gasteiger partial charge in [-0.25, -0.2) is 0 Å². The summed E-state index contributed by atoms with van der Waals surface area (Å²) < 4.78 is 18.1. The summed E-state index contributed by atoms with van der Waals surface area (Å²) in [5.41, 5.74) is 8.68. The Bertz CT molecular complexity index is 1960. The van der Waals surface area contributed by atoms with Crippen LogP contribution >= 0.6 is 0 Å². The van der Waals surface area contributed by atoms with Crippen molar-refractivity contribution in [2.75, 3.05) is 0 Å². The van der Waals surface area contributed by atoms with Crippen LogP contribution in [0.1, 0.15) is 45.4 Å². The minimum Gasteiger partial charge on any atom is -0.399 e. The minimum absolute atomic E-state index is 0.426. The average molecular weight is 536 g/mol. The highest BCUT2D eigenvalue weighted by molar-refractivity contribution is 6.62. The molecule has 0 atom stereocenters. The van der Waals surface area contributed by atoms with Gasteiger partial charge in [-0.05, 0) is 82.4 Å². The van der Waals surface area contributed by atoms with Gasteiger partial charge in [-0.15, -0.1) is 0 Å². The molecular formula is C36H33BN2O2. The van der Waals surface area contributed by atoms with Crippen molar-refractivity contribution in [2.45, 2.75) is 51.7 Å². The van der Waals surface area contributed by atoms with Crippen LogP contribution in [0.3, 0.4) is 0 Å². The number of nitrogens with zero attached hydrogens (tertiary/aromatic N) is 2. The van der Waals surface area contributed by atoms with Crippen molar-refractivity contribution in [2.24, 2.45) is 0 Å². The molecule has 1 aliphatic carbocycles. The van der Waals surface area contributed by atoms with Crippen molar-refractivity contribution in [1.29, 1.82) is 0 Å². The highest BCUT2D eigenvalue weighted by atomic mass is 16.7. The molecule has 4 nitrogen and oxygen atoms in total. The number of benzene rings is 4. The summed E-state index contributed by atoms with van der Waals surface area (Å²) in [5, 5.41) is 3.79. The van der Waals surface area contributed by atoms with E-state index in [-0.39, 0.29) is 0 Å². The van der Waals surface area contributed by atoms with Gasteiger partial charge in [-0.1, -0.05) is 66.7 Å². The zero-order valence-corrected chi connectivity index (χ0v) is 24.0. The molecule has 0 bridgehead atoms. The Morgan fingerprint density at radius 3 is 1.76 bits per heavy atom. The quantitative estimate of drug-likeness (QED) is 0.215. The van der Waals surface area contributed by atoms with E-state index in [1.807, 2.05) is 0 Å². The standard InChI is InChI=1S/C36H33BN2O2/c1-35(2)36(3,4)41-37(40-35)24-21-25(38-31-17-9-5-13-27(31)28-14-6-10-18-32(28)38)23-26(22-24)39-33-19-11-7-15-29(33)30-16-8-12-20-34(30)39/h5-11,13-19,21-23H,12,20H2,1-4H3. The Morgan fingerprint density at radius 1 is 0.634 bits per heavy atom. The molecule has 0 radical (unpaired) electrons. The number of aromatic nitrogens is 2. The van der Waals surface area contributed by atoms with Gasteiger partial charge in [0.05, 0.1) is 27.8 Å². The van der Waals surface area contributed by atoms with Gasteiger partial charge in [-0.2, -0.15) is 0 Å². The number of hydrogen-bond donors (Lipinski definition) is 0. The van der Waals surface area contributed by atoms with Crippen LogP contribution in [0.4, 0.5) is 0 Å². The van der Waals surface area contributed by atoms with Crippen LogP contribution in [0.5, 0.6) is 0 Å². The molecule has 8 rings (SSSR count). The third-order valence-corrected chi connectivity index (χ3v) is 9.40. The van der Waals surface area contributed by atoms with E-state index in [4.69, 9.17) is 9.31 Å². The Morgan fingerprint density at radius 2 is 1.15 bits per heavy atom. The first-order valence-corrected chi connectivity index (χ1v) is 14.6. The van der Waals surface area contributed by atoms with E-state index in [1.165, 1.54) is 44.0 Å². The lowest BCUT2D eigenvalue weighted by molar-refractivity contribution is 0.00578. The first-order valence-electron chi connectivity index (χ1n) is 14.6. The monoisotopic (exact) mass is 536 g/mol. The second-order valence-corrected chi connectivity index (χ2v) is 12.4. The molecular weight excluding hydrogens is 503 g/mol. The largest absolute Gasteiger partial charge is 0.494 e. The fourth-order valence-electron chi connectivity index (χ4n) is 6.66. The van der Waals surface area contributed by atoms with Crippen molar-refractivity contribution in [3.63, 3.8) is 0 Å². The van der Waals surface area contributed by atoms with Gasteiger partial charge >= 0.3 is 7.12 Å². The van der Waals surface area contributed by atoms with Gasteiger partial charge in [0.2, 0.25) is 0 Å². The van der Waals surface area contributed by atoms with Gasteiger partial charge in [0.1, 0.15) is 0 Å². The Hall–Kier alpha value is -4.06. The summed E-state index contributed by atoms with van der Waals surface area (Å²) in [7, 11) is -0.468. The zero-order chi connectivity index (χ0) is 27.9. The van der Waals surface area contributed by atoms with Crippen LogP contribution in [-0.2, 0) is 15.7 Å². The molecule has 0 spiro atoms. The van der Waals surface area contributed by atoms with Gasteiger partial charge in [0, 0.05) is 38.8 Å². The van der Waals surface area contributed by atoms with E-state index in [9.17, 15) is 0 Å². The normalized spacial score (nSPS) is 17.6. The third-order valence-electron chi connectivity index (χ3n) is 9.40. The van der Waals surface area contributed by atoms with Crippen molar-refractivity contribution in [1.82, 2.24) is 9.13 Å². The zero-order valence-electron chi connectivity index (χ0n) is 24.0. The number of fused-ring (bicyclic) bond motifs is 6. The lowest BCUT2D eigenvalue weighted by atomic mass is 9.78. The van der Waals surface area contributed by atoms with Crippen LogP contribution in [0.2, 0.25) is 0 Å². The molecule has 0 unspecified atom stereocenters. The number of para-hydroxylation sites is 3. The average Bonchev–Trinajstić information content (AvgIpc) is 3.57. The first-order chi connectivity index (χ1) is 19.8. The summed E-state index contributed by atoms with van der Waals surface area (Å²) in [5.74, 6) is 0. The number of hydrogen-bond acceptors (Lipinski definition) is 2. The van der Waals surface area contributed by atoms with Gasteiger partial charge in [0.15, 0.2) is 0 Å². The second kappa shape index (κ2) is 8.72. The molecule has 1 saturated heterocycles. The molecule has 0 saturated carbocycles. The summed E-state index contributed by atoms with van der Waals surface area (Å²) in [6.07, 6.45) is 6.64. The summed E-state index contributed by atoms with van der Waals surface area (Å²) >= 11 is 0. The molecule has 6 aromatic rings. The van der Waals surface area contributed by atoms with Crippen LogP contribution < -0.4 is 5.46 Å². The fraction of sp³-hybridized carbons (Fsp3) is 0.222. The topological polar surface area (TPSA) is 28.3 Å². The molecule has 41 heavy (non-hydrogen) atoms. The van der Waals surface area contributed by atoms with Crippen molar-refractivity contribution in [3.05, 3.63) is 108 Å². The first kappa shape index (κ1) is 24.7. The molecule has 1 aliphatic heterocycles. The van der Waals surface area contributed by atoms with Crippen LogP contribution in [0.25, 0.3) is 50.2 Å². The lowest BCUT2D eigenvalue weighted by Gasteiger charge is -2.32. The summed E-state index contributed by atoms with van der Waals surface area (Å²) in [6, 6.07) is 33.0. The van der Waals surface area contributed by atoms with Crippen LogP contribution in [0.15, 0.2) is 97.1 Å². The van der Waals surface area contributed by atoms with Crippen molar-refractivity contribution < 1.29 is 9.31 Å². The maximum absolute atomic E-state index is 6.62. The number of allylic oxidation sites excluding steroid dienone is 1. The van der Waals surface area contributed by atoms with Gasteiger partial charge < -0.3 is 18.4 Å². The Kier molecular flexibility index (Phi) is 5.26. The Balaban J connectivity index is 1.44. The fourth-order valence-corrected chi connectivity index (χ4v) is 6.66. The molecule has 3 heterocycles. The second-order valence-electron chi connectivity index (χ2n) is 12.4. The van der Waals surface area contributed by atoms with Crippen molar-refractivity contribution in [3.8, 4) is 11.4 Å². The van der Waals surface area contributed by atoms with E-state index < -0.39 is 18.3 Å². The molecule has 1 fully saturated rings. The minimum atomic E-state index is -0.468. The third kappa shape index (κ3) is 3.62. The predicted octanol–water partition coefficient (Wildman–Crippen LogP) is 7.99. The maximum Gasteiger partial charge on any atom is 0.494 e. The van der Waals surface area contributed by atoms with E-state index in [0.29, 0.717) is 0 Å². The van der Waals surface area contributed by atoms with E-state index in [2.05, 4.69) is 140 Å². The lowest BCUT2D eigenvalue weighted by Crippen LogP contribution is -2.41. The summed E-state index contributed by atoms with van der Waals surface area (Å²) in [4.78, 5) is 0. The molecule has 0 amide bonds. The molecule has 2 aliphatic rings. The highest BCUT2D eigenvalue weighted by Crippen LogP contribution is 2.39. The molecule has 5 heteroatoms. The van der Waals surface area contributed by atoms with Gasteiger partial charge in [-0.3, -0.25) is 0 Å². The van der Waals surface area contributed by atoms with E-state index in [1.54, 1.807) is 0 Å². The molecule has 4 aromatic carbocycles. The molecule has 202 valence electrons. The molecule has 2 aromatic heterocycles. The SMILES string of the molecule is CC1(C)OB(c2cc(-n3c4c(c5ccccc53)C=CCC4)cc(-n3c4ccccc4c4ccccc43)c2)OC1(C)C. The van der Waals surface area contributed by atoms with E-state index in [0.717, 1.165) is 29.7 Å². The predicted molar refractivity (Wildman–Crippen MR) is 171 cm³/mol.